The number of ketones is 1. The van der Waals surface area contributed by atoms with Gasteiger partial charge < -0.3 is 14.8 Å². The van der Waals surface area contributed by atoms with Crippen LogP contribution in [0.2, 0.25) is 0 Å². The van der Waals surface area contributed by atoms with E-state index in [1.165, 1.54) is 0 Å². The van der Waals surface area contributed by atoms with E-state index in [0.717, 1.165) is 25.9 Å². The highest BCUT2D eigenvalue weighted by Crippen LogP contribution is 2.32. The molecule has 27 heavy (non-hydrogen) atoms. The van der Waals surface area contributed by atoms with Gasteiger partial charge in [0.05, 0.1) is 6.54 Å². The maximum Gasteiger partial charge on any atom is 0.234 e. The van der Waals surface area contributed by atoms with Crippen LogP contribution in [0, 0.1) is 11.8 Å². The SMILES string of the molecule is CC(C)C(C)NC(=O)CN1CCC(C(=O)c2ccc3c(c2)OCCO3)CC1. The summed E-state index contributed by atoms with van der Waals surface area (Å²) in [7, 11) is 0. The van der Waals surface area contributed by atoms with Crippen LogP contribution < -0.4 is 14.8 Å². The number of fused-ring (bicyclic) bond motifs is 1. The number of rotatable bonds is 6. The van der Waals surface area contributed by atoms with Crippen molar-refractivity contribution in [2.45, 2.75) is 39.7 Å². The molecule has 0 radical (unpaired) electrons. The molecule has 0 saturated carbocycles. The van der Waals surface area contributed by atoms with E-state index in [9.17, 15) is 9.59 Å². The fourth-order valence-corrected chi connectivity index (χ4v) is 3.45. The molecule has 1 amide bonds. The lowest BCUT2D eigenvalue weighted by molar-refractivity contribution is -0.123. The molecule has 2 heterocycles. The van der Waals surface area contributed by atoms with Crippen molar-refractivity contribution in [1.29, 1.82) is 0 Å². The largest absolute Gasteiger partial charge is 0.486 e. The minimum absolute atomic E-state index is 0.00135. The summed E-state index contributed by atoms with van der Waals surface area (Å²) >= 11 is 0. The molecule has 0 aliphatic carbocycles. The van der Waals surface area contributed by atoms with Gasteiger partial charge in [0, 0.05) is 17.5 Å². The van der Waals surface area contributed by atoms with Crippen LogP contribution in [0.3, 0.4) is 0 Å². The predicted octanol–water partition coefficient (Wildman–Crippen LogP) is 2.51. The van der Waals surface area contributed by atoms with E-state index in [-0.39, 0.29) is 23.7 Å². The normalized spacial score (nSPS) is 19.0. The van der Waals surface area contributed by atoms with Crippen molar-refractivity contribution < 1.29 is 19.1 Å². The van der Waals surface area contributed by atoms with Crippen molar-refractivity contribution in [3.63, 3.8) is 0 Å². The molecule has 2 aliphatic heterocycles. The zero-order chi connectivity index (χ0) is 19.4. The molecule has 1 fully saturated rings. The van der Waals surface area contributed by atoms with Crippen LogP contribution in [0.25, 0.3) is 0 Å². The number of nitrogens with one attached hydrogen (secondary N) is 1. The molecule has 6 nitrogen and oxygen atoms in total. The van der Waals surface area contributed by atoms with Crippen molar-refractivity contribution in [3.8, 4) is 11.5 Å². The summed E-state index contributed by atoms with van der Waals surface area (Å²) in [5, 5.41) is 3.04. The number of nitrogens with zero attached hydrogens (tertiary/aromatic N) is 1. The van der Waals surface area contributed by atoms with E-state index in [4.69, 9.17) is 9.47 Å². The quantitative estimate of drug-likeness (QED) is 0.775. The number of likely N-dealkylation sites (tertiary alicyclic amines) is 1. The van der Waals surface area contributed by atoms with E-state index in [1.807, 2.05) is 19.1 Å². The van der Waals surface area contributed by atoms with Crippen LogP contribution in [0.1, 0.15) is 44.0 Å². The molecule has 6 heteroatoms. The lowest BCUT2D eigenvalue weighted by Gasteiger charge is -2.31. The number of hydrogen-bond donors (Lipinski definition) is 1. The van der Waals surface area contributed by atoms with Gasteiger partial charge in [0.25, 0.3) is 0 Å². The van der Waals surface area contributed by atoms with Gasteiger partial charge in [-0.15, -0.1) is 0 Å². The molecule has 0 spiro atoms. The molecule has 1 atom stereocenters. The molecule has 2 aliphatic rings. The highest BCUT2D eigenvalue weighted by atomic mass is 16.6. The summed E-state index contributed by atoms with van der Waals surface area (Å²) in [4.78, 5) is 27.1. The fraction of sp³-hybridized carbons (Fsp3) is 0.619. The summed E-state index contributed by atoms with van der Waals surface area (Å²) in [5.74, 6) is 2.00. The Kier molecular flexibility index (Phi) is 6.37. The number of amides is 1. The summed E-state index contributed by atoms with van der Waals surface area (Å²) < 4.78 is 11.1. The second-order valence-corrected chi connectivity index (χ2v) is 7.87. The Bertz CT molecular complexity index is 681. The zero-order valence-corrected chi connectivity index (χ0v) is 16.5. The van der Waals surface area contributed by atoms with Crippen molar-refractivity contribution in [1.82, 2.24) is 10.2 Å². The van der Waals surface area contributed by atoms with Crippen LogP contribution in [0.15, 0.2) is 18.2 Å². The number of carbonyl (C=O) groups excluding carboxylic acids is 2. The summed E-state index contributed by atoms with van der Waals surface area (Å²) in [6, 6.07) is 5.61. The van der Waals surface area contributed by atoms with E-state index in [0.29, 0.717) is 42.7 Å². The lowest BCUT2D eigenvalue weighted by Crippen LogP contribution is -2.45. The lowest BCUT2D eigenvalue weighted by atomic mass is 9.88. The van der Waals surface area contributed by atoms with Gasteiger partial charge in [0.2, 0.25) is 5.91 Å². The molecule has 3 rings (SSSR count). The van der Waals surface area contributed by atoms with Gasteiger partial charge in [-0.1, -0.05) is 13.8 Å². The average molecular weight is 374 g/mol. The topological polar surface area (TPSA) is 67.9 Å². The Morgan fingerprint density at radius 2 is 1.78 bits per heavy atom. The Morgan fingerprint density at radius 3 is 2.44 bits per heavy atom. The molecule has 148 valence electrons. The van der Waals surface area contributed by atoms with E-state index in [1.54, 1.807) is 6.07 Å². The van der Waals surface area contributed by atoms with Gasteiger partial charge in [-0.05, 0) is 57.0 Å². The van der Waals surface area contributed by atoms with E-state index in [2.05, 4.69) is 24.1 Å². The molecule has 1 saturated heterocycles. The van der Waals surface area contributed by atoms with Gasteiger partial charge in [-0.25, -0.2) is 0 Å². The number of benzene rings is 1. The van der Waals surface area contributed by atoms with Crippen molar-refractivity contribution >= 4 is 11.7 Å². The Labute approximate surface area is 161 Å². The standard InChI is InChI=1S/C21H30N2O4/c1-14(2)15(3)22-20(24)13-23-8-6-16(7-9-23)21(25)17-4-5-18-19(12-17)27-11-10-26-18/h4-5,12,14-16H,6-11,13H2,1-3H3,(H,22,24). The average Bonchev–Trinajstić information content (AvgIpc) is 2.67. The predicted molar refractivity (Wildman–Crippen MR) is 103 cm³/mol. The van der Waals surface area contributed by atoms with Crippen LogP contribution in [-0.4, -0.2) is 55.5 Å². The third kappa shape index (κ3) is 5.01. The van der Waals surface area contributed by atoms with Gasteiger partial charge in [0.1, 0.15) is 13.2 Å². The van der Waals surface area contributed by atoms with E-state index < -0.39 is 0 Å². The third-order valence-corrected chi connectivity index (χ3v) is 5.54. The minimum Gasteiger partial charge on any atom is -0.486 e. The third-order valence-electron chi connectivity index (χ3n) is 5.54. The molecule has 1 unspecified atom stereocenters. The molecule has 0 aromatic heterocycles. The number of hydrogen-bond acceptors (Lipinski definition) is 5. The highest BCUT2D eigenvalue weighted by Gasteiger charge is 2.28. The maximum absolute atomic E-state index is 12.8. The summed E-state index contributed by atoms with van der Waals surface area (Å²) in [6.07, 6.45) is 1.56. The first-order valence-corrected chi connectivity index (χ1v) is 9.89. The Balaban J connectivity index is 1.50. The number of carbonyl (C=O) groups is 2. The summed E-state index contributed by atoms with van der Waals surface area (Å²) in [5.41, 5.74) is 0.682. The van der Waals surface area contributed by atoms with Gasteiger partial charge in [-0.2, -0.15) is 0 Å². The second-order valence-electron chi connectivity index (χ2n) is 7.87. The monoisotopic (exact) mass is 374 g/mol. The Hall–Kier alpha value is -2.08. The number of piperidine rings is 1. The van der Waals surface area contributed by atoms with Crippen LogP contribution in [0.4, 0.5) is 0 Å². The highest BCUT2D eigenvalue weighted by molar-refractivity contribution is 5.98. The van der Waals surface area contributed by atoms with Crippen molar-refractivity contribution in [3.05, 3.63) is 23.8 Å². The van der Waals surface area contributed by atoms with Gasteiger partial charge >= 0.3 is 0 Å². The number of Topliss-reactive ketones (excluding diaryl/α,β-unsaturated/α-hetero) is 1. The smallest absolute Gasteiger partial charge is 0.234 e. The van der Waals surface area contributed by atoms with Crippen LogP contribution in [-0.2, 0) is 4.79 Å². The molecular weight excluding hydrogens is 344 g/mol. The molecule has 0 bridgehead atoms. The molecule has 1 aromatic rings. The zero-order valence-electron chi connectivity index (χ0n) is 16.5. The van der Waals surface area contributed by atoms with Crippen molar-refractivity contribution in [2.75, 3.05) is 32.8 Å². The maximum atomic E-state index is 12.8. The summed E-state index contributed by atoms with van der Waals surface area (Å²) in [6.45, 7) is 9.22. The molecular formula is C21H30N2O4. The number of ether oxygens (including phenoxy) is 2. The van der Waals surface area contributed by atoms with Crippen molar-refractivity contribution in [2.24, 2.45) is 11.8 Å². The fourth-order valence-electron chi connectivity index (χ4n) is 3.45. The molecule has 1 N–H and O–H groups in total. The minimum atomic E-state index is 0.00135. The van der Waals surface area contributed by atoms with Gasteiger partial charge in [-0.3, -0.25) is 14.5 Å². The first-order chi connectivity index (χ1) is 12.9. The Morgan fingerprint density at radius 1 is 1.11 bits per heavy atom. The van der Waals surface area contributed by atoms with Gasteiger partial charge in [0.15, 0.2) is 17.3 Å². The van der Waals surface area contributed by atoms with Crippen LogP contribution in [0.5, 0.6) is 11.5 Å². The first kappa shape index (κ1) is 19.7. The van der Waals surface area contributed by atoms with E-state index >= 15 is 0 Å². The second kappa shape index (κ2) is 8.74. The molecule has 1 aromatic carbocycles. The first-order valence-electron chi connectivity index (χ1n) is 9.89. The van der Waals surface area contributed by atoms with Crippen LogP contribution >= 0.6 is 0 Å².